The normalized spacial score (nSPS) is 14.3. The minimum absolute atomic E-state index is 0.0761. The molecule has 0 saturated heterocycles. The molecular weight excluding hydrogens is 431 g/mol. The molecular formula is C26H20ClFO4. The van der Waals surface area contributed by atoms with Crippen molar-refractivity contribution in [2.45, 2.75) is 13.5 Å². The van der Waals surface area contributed by atoms with Crippen LogP contribution in [0.5, 0.6) is 11.5 Å². The first-order valence-electron chi connectivity index (χ1n) is 10.1. The van der Waals surface area contributed by atoms with Crippen molar-refractivity contribution in [2.75, 3.05) is 6.61 Å². The van der Waals surface area contributed by atoms with E-state index in [9.17, 15) is 9.18 Å². The summed E-state index contributed by atoms with van der Waals surface area (Å²) in [7, 11) is 0. The number of carbonyl (C=O) groups excluding carboxylic acids is 1. The maximum Gasteiger partial charge on any atom is 0.343 e. The lowest BCUT2D eigenvalue weighted by atomic mass is 10.1. The number of esters is 1. The van der Waals surface area contributed by atoms with E-state index in [0.717, 1.165) is 11.1 Å². The lowest BCUT2D eigenvalue weighted by molar-refractivity contribution is -0.130. The number of cyclic esters (lactones) is 1. The van der Waals surface area contributed by atoms with Crippen molar-refractivity contribution in [3.63, 3.8) is 0 Å². The minimum atomic E-state index is -0.437. The highest BCUT2D eigenvalue weighted by atomic mass is 35.5. The van der Waals surface area contributed by atoms with E-state index in [0.29, 0.717) is 40.0 Å². The van der Waals surface area contributed by atoms with Gasteiger partial charge in [0.15, 0.2) is 11.5 Å². The van der Waals surface area contributed by atoms with E-state index >= 15 is 0 Å². The Morgan fingerprint density at radius 3 is 2.53 bits per heavy atom. The van der Waals surface area contributed by atoms with Crippen LogP contribution in [-0.2, 0) is 16.1 Å². The summed E-state index contributed by atoms with van der Waals surface area (Å²) in [5.74, 6) is 0.700. The van der Waals surface area contributed by atoms with Crippen LogP contribution in [0, 0.1) is 5.82 Å². The summed E-state index contributed by atoms with van der Waals surface area (Å²) in [4.78, 5) is 12.3. The van der Waals surface area contributed by atoms with Gasteiger partial charge in [0.05, 0.1) is 12.2 Å². The number of benzene rings is 3. The van der Waals surface area contributed by atoms with Gasteiger partial charge in [-0.2, -0.15) is 0 Å². The molecule has 0 fully saturated rings. The van der Waals surface area contributed by atoms with E-state index in [1.54, 1.807) is 72.8 Å². The molecule has 3 aromatic carbocycles. The van der Waals surface area contributed by atoms with Crippen molar-refractivity contribution in [3.8, 4) is 11.5 Å². The Morgan fingerprint density at radius 2 is 1.78 bits per heavy atom. The molecule has 0 N–H and O–H groups in total. The van der Waals surface area contributed by atoms with Crippen molar-refractivity contribution in [3.05, 3.63) is 106 Å². The Bertz CT molecular complexity index is 1200. The maximum absolute atomic E-state index is 13.9. The predicted octanol–water partition coefficient (Wildman–Crippen LogP) is 6.44. The zero-order chi connectivity index (χ0) is 22.5. The summed E-state index contributed by atoms with van der Waals surface area (Å²) in [6.45, 7) is 2.37. The van der Waals surface area contributed by atoms with E-state index in [4.69, 9.17) is 25.8 Å². The average Bonchev–Trinajstić information content (AvgIpc) is 3.15. The zero-order valence-electron chi connectivity index (χ0n) is 17.3. The largest absolute Gasteiger partial charge is 0.490 e. The molecule has 0 spiro atoms. The van der Waals surface area contributed by atoms with Gasteiger partial charge in [-0.15, -0.1) is 0 Å². The third kappa shape index (κ3) is 5.01. The van der Waals surface area contributed by atoms with Crippen molar-refractivity contribution >= 4 is 29.4 Å². The summed E-state index contributed by atoms with van der Waals surface area (Å²) < 4.78 is 30.7. The second-order valence-electron chi connectivity index (χ2n) is 7.02. The summed E-state index contributed by atoms with van der Waals surface area (Å²) in [5.41, 5.74) is 2.37. The lowest BCUT2D eigenvalue weighted by Crippen LogP contribution is -2.01. The first-order valence-corrected chi connectivity index (χ1v) is 10.5. The van der Waals surface area contributed by atoms with Crippen molar-refractivity contribution < 1.29 is 23.4 Å². The number of ether oxygens (including phenoxy) is 3. The molecule has 6 heteroatoms. The molecule has 162 valence electrons. The molecule has 0 amide bonds. The Morgan fingerprint density at radius 1 is 1.00 bits per heavy atom. The Hall–Kier alpha value is -3.57. The molecule has 0 unspecified atom stereocenters. The Balaban J connectivity index is 1.56. The molecule has 0 bridgehead atoms. The molecule has 4 nitrogen and oxygen atoms in total. The predicted molar refractivity (Wildman–Crippen MR) is 122 cm³/mol. The molecule has 1 aliphatic heterocycles. The van der Waals surface area contributed by atoms with Crippen molar-refractivity contribution in [2.24, 2.45) is 0 Å². The maximum atomic E-state index is 13.9. The van der Waals surface area contributed by atoms with E-state index < -0.39 is 5.97 Å². The van der Waals surface area contributed by atoms with Crippen LogP contribution in [-0.4, -0.2) is 12.6 Å². The van der Waals surface area contributed by atoms with Gasteiger partial charge in [0.2, 0.25) is 0 Å². The van der Waals surface area contributed by atoms with Crippen LogP contribution in [0.1, 0.15) is 23.6 Å². The fourth-order valence-corrected chi connectivity index (χ4v) is 3.32. The molecule has 1 heterocycles. The van der Waals surface area contributed by atoms with E-state index in [1.807, 2.05) is 6.92 Å². The fourth-order valence-electron chi connectivity index (χ4n) is 3.20. The van der Waals surface area contributed by atoms with Gasteiger partial charge in [0.1, 0.15) is 18.2 Å². The fraction of sp³-hybridized carbons (Fsp3) is 0.115. The van der Waals surface area contributed by atoms with Crippen LogP contribution in [0.4, 0.5) is 4.39 Å². The van der Waals surface area contributed by atoms with Gasteiger partial charge in [0.25, 0.3) is 0 Å². The SMILES string of the molecule is CCOc1cc(/C=C2\C=C(c3ccc(Cl)cc3)OC2=O)ccc1OCc1ccccc1F. The number of hydrogen-bond acceptors (Lipinski definition) is 4. The van der Waals surface area contributed by atoms with E-state index in [1.165, 1.54) is 6.07 Å². The van der Waals surface area contributed by atoms with E-state index in [2.05, 4.69) is 0 Å². The summed E-state index contributed by atoms with van der Waals surface area (Å²) in [6, 6.07) is 18.8. The first kappa shape index (κ1) is 21.7. The molecule has 32 heavy (non-hydrogen) atoms. The monoisotopic (exact) mass is 450 g/mol. The van der Waals surface area contributed by atoms with Gasteiger partial charge in [-0.3, -0.25) is 0 Å². The molecule has 1 aliphatic rings. The zero-order valence-corrected chi connectivity index (χ0v) is 18.1. The van der Waals surface area contributed by atoms with Crippen LogP contribution in [0.2, 0.25) is 5.02 Å². The van der Waals surface area contributed by atoms with E-state index in [-0.39, 0.29) is 12.4 Å². The molecule has 3 aromatic rings. The summed E-state index contributed by atoms with van der Waals surface area (Å²) in [5, 5.41) is 0.607. The molecule has 0 aromatic heterocycles. The smallest absolute Gasteiger partial charge is 0.343 e. The molecule has 0 radical (unpaired) electrons. The van der Waals surface area contributed by atoms with Crippen LogP contribution in [0.3, 0.4) is 0 Å². The Kier molecular flexibility index (Phi) is 6.57. The Labute approximate surface area is 190 Å². The van der Waals surface area contributed by atoms with Gasteiger partial charge in [-0.1, -0.05) is 35.9 Å². The molecule has 0 aliphatic carbocycles. The standard InChI is InChI=1S/C26H20ClFO4/c1-2-30-25-14-17(7-12-23(25)31-16-19-5-3-4-6-22(19)28)13-20-15-24(32-26(20)29)18-8-10-21(27)11-9-18/h3-15H,2,16H2,1H3/b20-13+. The van der Waals surface area contributed by atoms with Crippen molar-refractivity contribution in [1.29, 1.82) is 0 Å². The first-order chi connectivity index (χ1) is 15.5. The molecule has 0 atom stereocenters. The number of rotatable bonds is 7. The highest BCUT2D eigenvalue weighted by Crippen LogP contribution is 2.32. The number of carbonyl (C=O) groups is 1. The highest BCUT2D eigenvalue weighted by molar-refractivity contribution is 6.30. The minimum Gasteiger partial charge on any atom is -0.490 e. The van der Waals surface area contributed by atoms with Crippen LogP contribution in [0.15, 0.2) is 78.4 Å². The van der Waals surface area contributed by atoms with Crippen molar-refractivity contribution in [1.82, 2.24) is 0 Å². The topological polar surface area (TPSA) is 44.8 Å². The van der Waals surface area contributed by atoms with Gasteiger partial charge >= 0.3 is 5.97 Å². The van der Waals surface area contributed by atoms with Gasteiger partial charge < -0.3 is 14.2 Å². The highest BCUT2D eigenvalue weighted by Gasteiger charge is 2.22. The van der Waals surface area contributed by atoms with Gasteiger partial charge in [-0.05, 0) is 67.1 Å². The second-order valence-corrected chi connectivity index (χ2v) is 7.46. The van der Waals surface area contributed by atoms with Crippen LogP contribution in [0.25, 0.3) is 11.8 Å². The van der Waals surface area contributed by atoms with Crippen LogP contribution < -0.4 is 9.47 Å². The lowest BCUT2D eigenvalue weighted by Gasteiger charge is -2.13. The number of halogens is 2. The van der Waals surface area contributed by atoms with Crippen LogP contribution >= 0.6 is 11.6 Å². The molecule has 4 rings (SSSR count). The average molecular weight is 451 g/mol. The summed E-state index contributed by atoms with van der Waals surface area (Å²) >= 11 is 5.92. The third-order valence-electron chi connectivity index (χ3n) is 4.78. The quantitative estimate of drug-likeness (QED) is 0.307. The number of hydrogen-bond donors (Lipinski definition) is 0. The van der Waals surface area contributed by atoms with Gasteiger partial charge in [0, 0.05) is 16.1 Å². The molecule has 0 saturated carbocycles. The van der Waals surface area contributed by atoms with Gasteiger partial charge in [-0.25, -0.2) is 9.18 Å². The summed E-state index contributed by atoms with van der Waals surface area (Å²) in [6.07, 6.45) is 3.41. The third-order valence-corrected chi connectivity index (χ3v) is 5.04. The second kappa shape index (κ2) is 9.71.